The van der Waals surface area contributed by atoms with Gasteiger partial charge in [0.1, 0.15) is 5.60 Å². The van der Waals surface area contributed by atoms with Crippen molar-refractivity contribution in [3.8, 4) is 0 Å². The number of hydrogen-bond acceptors (Lipinski definition) is 2. The molecule has 1 fully saturated rings. The number of carbonyl (C=O) groups is 1. The monoisotopic (exact) mass is 238 g/mol. The van der Waals surface area contributed by atoms with E-state index >= 15 is 0 Å². The van der Waals surface area contributed by atoms with Gasteiger partial charge < -0.3 is 22.6 Å². The van der Waals surface area contributed by atoms with Crippen LogP contribution in [0.25, 0.3) is 0 Å². The molecule has 1 amide bonds. The van der Waals surface area contributed by atoms with Crippen molar-refractivity contribution in [1.82, 2.24) is 4.90 Å². The summed E-state index contributed by atoms with van der Waals surface area (Å²) >= 11 is 0. The number of hydrogen-bond donors (Lipinski definition) is 0. The normalized spacial score (nSPS) is 18.2. The highest BCUT2D eigenvalue weighted by Crippen LogP contribution is 2.29. The summed E-state index contributed by atoms with van der Waals surface area (Å²) < 4.78 is 41.2. The fraction of sp³-hybridized carbons (Fsp3) is 0.889. The third kappa shape index (κ3) is 4.32. The molecular formula is C9H16BF3NO2-. The van der Waals surface area contributed by atoms with Crippen LogP contribution in [0.3, 0.4) is 0 Å². The molecule has 0 spiro atoms. The van der Waals surface area contributed by atoms with E-state index in [-0.39, 0.29) is 13.1 Å². The quantitative estimate of drug-likeness (QED) is 0.692. The van der Waals surface area contributed by atoms with Gasteiger partial charge in [-0.15, -0.1) is 0 Å². The van der Waals surface area contributed by atoms with Crippen LogP contribution >= 0.6 is 0 Å². The highest BCUT2D eigenvalue weighted by atomic mass is 19.4. The predicted molar refractivity (Wildman–Crippen MR) is 55.2 cm³/mol. The molecule has 0 aromatic heterocycles. The second kappa shape index (κ2) is 4.18. The minimum Gasteiger partial charge on any atom is -0.449 e. The third-order valence-corrected chi connectivity index (χ3v) is 2.21. The van der Waals surface area contributed by atoms with Crippen LogP contribution in [0.1, 0.15) is 20.8 Å². The van der Waals surface area contributed by atoms with Crippen LogP contribution < -0.4 is 0 Å². The molecule has 94 valence electrons. The Morgan fingerprint density at radius 1 is 1.38 bits per heavy atom. The average molecular weight is 238 g/mol. The molecule has 0 aromatic rings. The van der Waals surface area contributed by atoms with Crippen molar-refractivity contribution in [2.75, 3.05) is 13.1 Å². The standard InChI is InChI=1S/C9H16BF3NO2/c1-9(2,3)16-8(15)14-5-7(6-14)4-10(11,12)13/h7H,4-6H2,1-3H3/q-1. The second-order valence-corrected chi connectivity index (χ2v) is 5.20. The predicted octanol–water partition coefficient (Wildman–Crippen LogP) is 2.70. The minimum absolute atomic E-state index is 0.149. The number of ether oxygens (including phenoxy) is 1. The van der Waals surface area contributed by atoms with Crippen molar-refractivity contribution in [3.63, 3.8) is 0 Å². The Bertz CT molecular complexity index is 269. The Labute approximate surface area is 93.0 Å². The van der Waals surface area contributed by atoms with Gasteiger partial charge in [-0.05, 0) is 26.7 Å². The highest BCUT2D eigenvalue weighted by Gasteiger charge is 2.38. The first-order chi connectivity index (χ1) is 7.07. The molecule has 3 nitrogen and oxygen atoms in total. The Hall–Kier alpha value is -0.875. The van der Waals surface area contributed by atoms with E-state index in [1.165, 1.54) is 4.90 Å². The fourth-order valence-electron chi connectivity index (χ4n) is 1.57. The summed E-state index contributed by atoms with van der Waals surface area (Å²) in [7, 11) is 0. The van der Waals surface area contributed by atoms with Crippen molar-refractivity contribution < 1.29 is 22.5 Å². The third-order valence-electron chi connectivity index (χ3n) is 2.21. The van der Waals surface area contributed by atoms with Crippen LogP contribution in [-0.4, -0.2) is 36.7 Å². The summed E-state index contributed by atoms with van der Waals surface area (Å²) in [5.41, 5.74) is -0.601. The summed E-state index contributed by atoms with van der Waals surface area (Å²) in [5, 5.41) is 0. The van der Waals surface area contributed by atoms with E-state index in [9.17, 15) is 17.7 Å². The van der Waals surface area contributed by atoms with E-state index in [0.29, 0.717) is 0 Å². The molecule has 1 aliphatic heterocycles. The lowest BCUT2D eigenvalue weighted by atomic mass is 9.75. The summed E-state index contributed by atoms with van der Waals surface area (Å²) in [6.45, 7) is 0.720. The second-order valence-electron chi connectivity index (χ2n) is 5.20. The van der Waals surface area contributed by atoms with Gasteiger partial charge in [-0.3, -0.25) is 0 Å². The van der Waals surface area contributed by atoms with Crippen LogP contribution in [0.2, 0.25) is 6.32 Å². The molecule has 0 N–H and O–H groups in total. The van der Waals surface area contributed by atoms with Crippen LogP contribution in [0.5, 0.6) is 0 Å². The van der Waals surface area contributed by atoms with Gasteiger partial charge in [0.2, 0.25) is 0 Å². The Balaban J connectivity index is 2.28. The molecule has 0 radical (unpaired) electrons. The maximum atomic E-state index is 12.1. The number of likely N-dealkylation sites (tertiary alicyclic amines) is 1. The molecule has 16 heavy (non-hydrogen) atoms. The lowest BCUT2D eigenvalue weighted by molar-refractivity contribution is 0.000577. The number of rotatable bonds is 2. The number of amides is 1. The highest BCUT2D eigenvalue weighted by molar-refractivity contribution is 6.58. The maximum absolute atomic E-state index is 12.1. The molecule has 1 saturated heterocycles. The van der Waals surface area contributed by atoms with E-state index in [4.69, 9.17) is 4.74 Å². The largest absolute Gasteiger partial charge is 0.478 e. The topological polar surface area (TPSA) is 29.5 Å². The average Bonchev–Trinajstić information content (AvgIpc) is 1.89. The van der Waals surface area contributed by atoms with Crippen molar-refractivity contribution in [2.24, 2.45) is 5.92 Å². The smallest absolute Gasteiger partial charge is 0.449 e. The summed E-state index contributed by atoms with van der Waals surface area (Å²) in [6.07, 6.45) is -1.29. The lowest BCUT2D eigenvalue weighted by Gasteiger charge is -2.41. The Morgan fingerprint density at radius 2 is 1.88 bits per heavy atom. The summed E-state index contributed by atoms with van der Waals surface area (Å²) in [4.78, 5) is 12.7. The van der Waals surface area contributed by atoms with Crippen LogP contribution in [0.15, 0.2) is 0 Å². The summed E-state index contributed by atoms with van der Waals surface area (Å²) in [5.74, 6) is -0.451. The lowest BCUT2D eigenvalue weighted by Crippen LogP contribution is -2.52. The molecular weight excluding hydrogens is 222 g/mol. The zero-order valence-electron chi connectivity index (χ0n) is 9.67. The molecule has 0 saturated carbocycles. The van der Waals surface area contributed by atoms with Crippen molar-refractivity contribution >= 4 is 13.1 Å². The Morgan fingerprint density at radius 3 is 2.25 bits per heavy atom. The zero-order chi connectivity index (χ0) is 12.6. The number of carbonyl (C=O) groups excluding carboxylic acids is 1. The molecule has 1 heterocycles. The van der Waals surface area contributed by atoms with Crippen molar-refractivity contribution in [3.05, 3.63) is 0 Å². The molecule has 0 bridgehead atoms. The zero-order valence-corrected chi connectivity index (χ0v) is 9.67. The fourth-order valence-corrected chi connectivity index (χ4v) is 1.57. The first kappa shape index (κ1) is 13.2. The van der Waals surface area contributed by atoms with Crippen LogP contribution in [0.4, 0.5) is 17.7 Å². The van der Waals surface area contributed by atoms with E-state index in [2.05, 4.69) is 0 Å². The molecule has 7 heteroatoms. The van der Waals surface area contributed by atoms with Gasteiger partial charge in [-0.2, -0.15) is 0 Å². The first-order valence-corrected chi connectivity index (χ1v) is 5.26. The van der Waals surface area contributed by atoms with Gasteiger partial charge in [0, 0.05) is 13.1 Å². The maximum Gasteiger partial charge on any atom is 0.478 e. The van der Waals surface area contributed by atoms with Crippen molar-refractivity contribution in [2.45, 2.75) is 32.7 Å². The number of nitrogens with zero attached hydrogens (tertiary/aromatic N) is 1. The molecule has 0 unspecified atom stereocenters. The SMILES string of the molecule is CC(C)(C)OC(=O)N1CC(C[B-](F)(F)F)C1. The summed E-state index contributed by atoms with van der Waals surface area (Å²) in [6, 6.07) is 0. The van der Waals surface area contributed by atoms with E-state index < -0.39 is 30.9 Å². The molecule has 1 aliphatic rings. The van der Waals surface area contributed by atoms with Gasteiger partial charge in [0.05, 0.1) is 0 Å². The Kier molecular flexibility index (Phi) is 3.45. The molecule has 1 rings (SSSR count). The number of halogens is 3. The van der Waals surface area contributed by atoms with Crippen molar-refractivity contribution in [1.29, 1.82) is 0 Å². The van der Waals surface area contributed by atoms with Gasteiger partial charge >= 0.3 is 13.1 Å². The van der Waals surface area contributed by atoms with Gasteiger partial charge in [0.25, 0.3) is 0 Å². The molecule has 0 aromatic carbocycles. The van der Waals surface area contributed by atoms with Crippen LogP contribution in [-0.2, 0) is 4.74 Å². The first-order valence-electron chi connectivity index (χ1n) is 5.26. The van der Waals surface area contributed by atoms with Gasteiger partial charge in [-0.25, -0.2) is 4.79 Å². The van der Waals surface area contributed by atoms with E-state index in [0.717, 1.165) is 0 Å². The van der Waals surface area contributed by atoms with Gasteiger partial charge in [-0.1, -0.05) is 6.32 Å². The van der Waals surface area contributed by atoms with E-state index in [1.54, 1.807) is 20.8 Å². The minimum atomic E-state index is -4.75. The molecule has 0 aliphatic carbocycles. The van der Waals surface area contributed by atoms with E-state index in [1.807, 2.05) is 0 Å². The molecule has 0 atom stereocenters. The van der Waals surface area contributed by atoms with Gasteiger partial charge in [0.15, 0.2) is 0 Å². The van der Waals surface area contributed by atoms with Crippen LogP contribution in [0, 0.1) is 5.92 Å².